The fraction of sp³-hybridized carbons (Fsp3) is 0.250. The zero-order valence-corrected chi connectivity index (χ0v) is 14.1. The molecule has 0 radical (unpaired) electrons. The van der Waals surface area contributed by atoms with E-state index in [2.05, 4.69) is 4.98 Å². The first-order valence-electron chi connectivity index (χ1n) is 7.45. The Balaban J connectivity index is 2.33. The summed E-state index contributed by atoms with van der Waals surface area (Å²) < 4.78 is 15.7. The zero-order valence-electron chi connectivity index (χ0n) is 14.1. The monoisotopic (exact) mass is 363 g/mol. The first-order chi connectivity index (χ1) is 12.5. The highest BCUT2D eigenvalue weighted by atomic mass is 16.6. The Hall–Kier alpha value is -3.40. The molecule has 0 fully saturated rings. The van der Waals surface area contributed by atoms with E-state index >= 15 is 0 Å². The molecule has 138 valence electrons. The number of methoxy groups -OCH3 is 2. The molecule has 26 heavy (non-hydrogen) atoms. The van der Waals surface area contributed by atoms with Crippen molar-refractivity contribution >= 4 is 17.8 Å². The molecule has 0 aliphatic rings. The quantitative estimate of drug-likeness (QED) is 0.408. The van der Waals surface area contributed by atoms with Gasteiger partial charge in [-0.2, -0.15) is 0 Å². The van der Waals surface area contributed by atoms with Gasteiger partial charge < -0.3 is 19.2 Å². The third-order valence-electron chi connectivity index (χ3n) is 3.30. The Morgan fingerprint density at radius 2 is 1.88 bits per heavy atom. The number of hydrogen-bond donors (Lipinski definition) is 2. The van der Waals surface area contributed by atoms with E-state index in [4.69, 9.17) is 14.2 Å². The average molecular weight is 363 g/mol. The number of nitrogens with zero attached hydrogens (tertiary/aromatic N) is 1. The second-order valence-corrected chi connectivity index (χ2v) is 5.01. The summed E-state index contributed by atoms with van der Waals surface area (Å²) >= 11 is 0. The molecule has 0 unspecified atom stereocenters. The van der Waals surface area contributed by atoms with Crippen LogP contribution in [0.1, 0.15) is 11.3 Å². The molecule has 2 rings (SSSR count). The number of nitro groups is 1. The summed E-state index contributed by atoms with van der Waals surface area (Å²) in [4.78, 5) is 37.2. The third-order valence-corrected chi connectivity index (χ3v) is 3.30. The fourth-order valence-electron chi connectivity index (χ4n) is 2.12. The van der Waals surface area contributed by atoms with Crippen LogP contribution in [-0.2, 0) is 4.74 Å². The molecule has 0 spiro atoms. The molecule has 2 aromatic rings. The smallest absolute Gasteiger partial charge is 0.357 e. The van der Waals surface area contributed by atoms with Crippen LogP contribution in [0.2, 0.25) is 0 Å². The van der Waals surface area contributed by atoms with Crippen molar-refractivity contribution in [1.29, 1.82) is 0 Å². The average Bonchev–Trinajstić information content (AvgIpc) is 2.59. The molecule has 0 aliphatic heterocycles. The number of H-pyrrole nitrogens is 2. The predicted octanol–water partition coefficient (Wildman–Crippen LogP) is 1.18. The first-order valence-corrected chi connectivity index (χ1v) is 7.45. The third kappa shape index (κ3) is 4.57. The van der Waals surface area contributed by atoms with Gasteiger partial charge in [0.15, 0.2) is 11.5 Å². The van der Waals surface area contributed by atoms with E-state index in [0.717, 1.165) is 0 Å². The highest BCUT2D eigenvalue weighted by Crippen LogP contribution is 2.28. The summed E-state index contributed by atoms with van der Waals surface area (Å²) in [5.74, 6) is 0.967. The lowest BCUT2D eigenvalue weighted by Crippen LogP contribution is -2.25. The zero-order chi connectivity index (χ0) is 19.1. The van der Waals surface area contributed by atoms with Gasteiger partial charge in [-0.25, -0.2) is 4.79 Å². The standard InChI is InChI=1S/C16H17N3O7/c1-24-7-8-26-12-6-4-10(9-13(12)25-2)3-5-11-14(19(22)23)15(20)18-16(21)17-11/h3-6,9H,7-8H2,1-2H3,(H2,17,18,20,21)/b5-3+. The van der Waals surface area contributed by atoms with Crippen LogP contribution < -0.4 is 20.7 Å². The minimum Gasteiger partial charge on any atom is -0.493 e. The summed E-state index contributed by atoms with van der Waals surface area (Å²) in [6.07, 6.45) is 2.77. The van der Waals surface area contributed by atoms with E-state index in [0.29, 0.717) is 30.3 Å². The molecule has 1 heterocycles. The summed E-state index contributed by atoms with van der Waals surface area (Å²) in [6.45, 7) is 0.770. The van der Waals surface area contributed by atoms with Gasteiger partial charge in [0.1, 0.15) is 12.3 Å². The Labute approximate surface area is 147 Å². The molecule has 2 N–H and O–H groups in total. The van der Waals surface area contributed by atoms with Crippen molar-refractivity contribution in [1.82, 2.24) is 9.97 Å². The van der Waals surface area contributed by atoms with Crippen LogP contribution in [-0.4, -0.2) is 42.3 Å². The van der Waals surface area contributed by atoms with E-state index in [1.165, 1.54) is 19.3 Å². The van der Waals surface area contributed by atoms with Crippen molar-refractivity contribution in [3.8, 4) is 11.5 Å². The topological polar surface area (TPSA) is 137 Å². The van der Waals surface area contributed by atoms with Crippen LogP contribution in [0, 0.1) is 10.1 Å². The molecule has 10 heteroatoms. The summed E-state index contributed by atoms with van der Waals surface area (Å²) in [5.41, 5.74) is -2.23. The maximum atomic E-state index is 11.6. The molecule has 0 amide bonds. The van der Waals surface area contributed by atoms with Crippen LogP contribution in [0.5, 0.6) is 11.5 Å². The molecular formula is C16H17N3O7. The van der Waals surface area contributed by atoms with Gasteiger partial charge >= 0.3 is 16.9 Å². The summed E-state index contributed by atoms with van der Waals surface area (Å²) in [5, 5.41) is 11.0. The molecule has 1 aromatic heterocycles. The number of nitrogens with one attached hydrogen (secondary N) is 2. The van der Waals surface area contributed by atoms with Crippen molar-refractivity contribution in [3.63, 3.8) is 0 Å². The van der Waals surface area contributed by atoms with Gasteiger partial charge in [0.2, 0.25) is 0 Å². The van der Waals surface area contributed by atoms with Crippen LogP contribution in [0.3, 0.4) is 0 Å². The highest BCUT2D eigenvalue weighted by Gasteiger charge is 2.18. The maximum Gasteiger partial charge on any atom is 0.357 e. The summed E-state index contributed by atoms with van der Waals surface area (Å²) in [7, 11) is 3.04. The lowest BCUT2D eigenvalue weighted by Gasteiger charge is -2.10. The molecule has 0 aliphatic carbocycles. The second kappa shape index (κ2) is 8.62. The van der Waals surface area contributed by atoms with Crippen LogP contribution in [0.4, 0.5) is 5.69 Å². The van der Waals surface area contributed by atoms with Gasteiger partial charge in [-0.05, 0) is 23.8 Å². The summed E-state index contributed by atoms with van der Waals surface area (Å²) in [6, 6.07) is 5.01. The predicted molar refractivity (Wildman–Crippen MR) is 93.6 cm³/mol. The lowest BCUT2D eigenvalue weighted by molar-refractivity contribution is -0.386. The van der Waals surface area contributed by atoms with E-state index in [1.54, 1.807) is 25.3 Å². The Bertz CT molecular complexity index is 930. The number of rotatable bonds is 8. The minimum atomic E-state index is -1.07. The van der Waals surface area contributed by atoms with Gasteiger partial charge in [-0.3, -0.25) is 19.9 Å². The number of aromatic nitrogens is 2. The van der Waals surface area contributed by atoms with Crippen molar-refractivity contribution in [2.75, 3.05) is 27.4 Å². The van der Waals surface area contributed by atoms with Crippen LogP contribution in [0.15, 0.2) is 27.8 Å². The van der Waals surface area contributed by atoms with E-state index in [9.17, 15) is 19.7 Å². The van der Waals surface area contributed by atoms with Crippen LogP contribution in [0.25, 0.3) is 12.2 Å². The molecular weight excluding hydrogens is 346 g/mol. The van der Waals surface area contributed by atoms with Crippen LogP contribution >= 0.6 is 0 Å². The fourth-order valence-corrected chi connectivity index (χ4v) is 2.12. The van der Waals surface area contributed by atoms with Gasteiger partial charge in [-0.1, -0.05) is 12.1 Å². The van der Waals surface area contributed by atoms with E-state index in [1.807, 2.05) is 4.98 Å². The number of ether oxygens (including phenoxy) is 3. The number of benzene rings is 1. The highest BCUT2D eigenvalue weighted by molar-refractivity contribution is 5.72. The van der Waals surface area contributed by atoms with Crippen molar-refractivity contribution in [2.24, 2.45) is 0 Å². The molecule has 10 nitrogen and oxygen atoms in total. The second-order valence-electron chi connectivity index (χ2n) is 5.01. The van der Waals surface area contributed by atoms with Crippen molar-refractivity contribution < 1.29 is 19.1 Å². The Morgan fingerprint density at radius 1 is 1.12 bits per heavy atom. The van der Waals surface area contributed by atoms with Gasteiger partial charge in [-0.15, -0.1) is 0 Å². The molecule has 0 saturated carbocycles. The lowest BCUT2D eigenvalue weighted by atomic mass is 10.1. The molecule has 0 saturated heterocycles. The van der Waals surface area contributed by atoms with Gasteiger partial charge in [0, 0.05) is 7.11 Å². The van der Waals surface area contributed by atoms with E-state index in [-0.39, 0.29) is 5.69 Å². The maximum absolute atomic E-state index is 11.6. The Morgan fingerprint density at radius 3 is 2.54 bits per heavy atom. The Kier molecular flexibility index (Phi) is 6.28. The van der Waals surface area contributed by atoms with E-state index < -0.39 is 21.9 Å². The first kappa shape index (κ1) is 18.9. The largest absolute Gasteiger partial charge is 0.493 e. The molecule has 0 bridgehead atoms. The van der Waals surface area contributed by atoms with Gasteiger partial charge in [0.05, 0.1) is 18.6 Å². The van der Waals surface area contributed by atoms with Gasteiger partial charge in [0.25, 0.3) is 0 Å². The molecule has 0 atom stereocenters. The number of aromatic amines is 2. The SMILES string of the molecule is COCCOc1ccc(/C=C/c2[nH]c(=O)[nH]c(=O)c2[N+](=O)[O-])cc1OC. The molecule has 1 aromatic carbocycles. The number of hydrogen-bond acceptors (Lipinski definition) is 7. The van der Waals surface area contributed by atoms with Crippen molar-refractivity contribution in [2.45, 2.75) is 0 Å². The normalized spacial score (nSPS) is 10.8. The van der Waals surface area contributed by atoms with Crippen molar-refractivity contribution in [3.05, 3.63) is 60.4 Å². The minimum absolute atomic E-state index is 0.205.